The summed E-state index contributed by atoms with van der Waals surface area (Å²) in [5.74, 6) is 0.353. The molecule has 9 heteroatoms. The third-order valence-electron chi connectivity index (χ3n) is 6.19. The summed E-state index contributed by atoms with van der Waals surface area (Å²) in [5, 5.41) is 10.9. The number of aromatic nitrogens is 2. The van der Waals surface area contributed by atoms with Gasteiger partial charge in [-0.15, -0.1) is 4.72 Å². The van der Waals surface area contributed by atoms with Crippen molar-refractivity contribution >= 4 is 28.6 Å². The van der Waals surface area contributed by atoms with E-state index >= 15 is 0 Å². The number of nitrogens with zero attached hydrogens (tertiary/aromatic N) is 4. The average molecular weight is 448 g/mol. The van der Waals surface area contributed by atoms with Crippen LogP contribution in [0.1, 0.15) is 77.6 Å². The molecule has 1 amide bonds. The van der Waals surface area contributed by atoms with E-state index in [9.17, 15) is 14.5 Å². The SMILES string of the molecule is C[C@@H](N[S+]([O-])C(C)(C)C)c1cn2cc(C3CC3)cc(N3C(O)N(C)C(=O)C3(C)C)c2n1. The molecule has 1 aliphatic heterocycles. The summed E-state index contributed by atoms with van der Waals surface area (Å²) in [5.41, 5.74) is 2.44. The van der Waals surface area contributed by atoms with Crippen molar-refractivity contribution in [2.24, 2.45) is 0 Å². The molecule has 1 saturated carbocycles. The number of rotatable bonds is 5. The zero-order chi connectivity index (χ0) is 22.9. The molecule has 2 aliphatic rings. The molecule has 3 heterocycles. The van der Waals surface area contributed by atoms with E-state index < -0.39 is 23.3 Å². The summed E-state index contributed by atoms with van der Waals surface area (Å²) in [4.78, 5) is 20.7. The van der Waals surface area contributed by atoms with E-state index in [0.29, 0.717) is 11.6 Å². The van der Waals surface area contributed by atoms with Crippen molar-refractivity contribution in [2.45, 2.75) is 83.0 Å². The first-order chi connectivity index (χ1) is 14.3. The van der Waals surface area contributed by atoms with E-state index in [2.05, 4.69) is 17.0 Å². The molecule has 3 atom stereocenters. The summed E-state index contributed by atoms with van der Waals surface area (Å²) in [7, 11) is 1.61. The minimum Gasteiger partial charge on any atom is -0.598 e. The van der Waals surface area contributed by atoms with Crippen molar-refractivity contribution < 1.29 is 14.5 Å². The van der Waals surface area contributed by atoms with Gasteiger partial charge in [0.15, 0.2) is 5.65 Å². The van der Waals surface area contributed by atoms with E-state index in [4.69, 9.17) is 4.98 Å². The molecule has 170 valence electrons. The highest BCUT2D eigenvalue weighted by atomic mass is 32.2. The van der Waals surface area contributed by atoms with Crippen LogP contribution in [0.2, 0.25) is 0 Å². The Hall–Kier alpha value is -1.81. The van der Waals surface area contributed by atoms with Gasteiger partial charge in [-0.3, -0.25) is 4.79 Å². The van der Waals surface area contributed by atoms with Crippen LogP contribution in [0, 0.1) is 0 Å². The van der Waals surface area contributed by atoms with Crippen LogP contribution in [-0.2, 0) is 16.2 Å². The maximum absolute atomic E-state index is 12.8. The van der Waals surface area contributed by atoms with Crippen molar-refractivity contribution in [1.82, 2.24) is 19.0 Å². The van der Waals surface area contributed by atoms with Crippen molar-refractivity contribution in [3.05, 3.63) is 29.7 Å². The molecule has 1 aliphatic carbocycles. The third kappa shape index (κ3) is 3.82. The van der Waals surface area contributed by atoms with Gasteiger partial charge in [0, 0.05) is 30.8 Å². The highest BCUT2D eigenvalue weighted by Crippen LogP contribution is 2.44. The second-order valence-corrected chi connectivity index (χ2v) is 12.2. The van der Waals surface area contributed by atoms with Crippen LogP contribution in [0.3, 0.4) is 0 Å². The molecular formula is C22H33N5O3S. The average Bonchev–Trinajstić information content (AvgIpc) is 3.41. The number of carbonyl (C=O) groups is 1. The number of likely N-dealkylation sites (N-methyl/N-ethyl adjacent to an activating group) is 1. The first kappa shape index (κ1) is 22.4. The molecule has 31 heavy (non-hydrogen) atoms. The molecule has 2 aromatic rings. The lowest BCUT2D eigenvalue weighted by Crippen LogP contribution is -2.46. The number of aliphatic hydroxyl groups is 1. The van der Waals surface area contributed by atoms with Crippen LogP contribution in [-0.4, -0.2) is 53.5 Å². The fourth-order valence-electron chi connectivity index (χ4n) is 4.07. The van der Waals surface area contributed by atoms with Gasteiger partial charge < -0.3 is 23.9 Å². The van der Waals surface area contributed by atoms with Crippen LogP contribution >= 0.6 is 0 Å². The van der Waals surface area contributed by atoms with Gasteiger partial charge in [-0.05, 0) is 71.9 Å². The Bertz CT molecular complexity index is 1010. The lowest BCUT2D eigenvalue weighted by atomic mass is 10.0. The molecule has 2 aromatic heterocycles. The predicted molar refractivity (Wildman–Crippen MR) is 122 cm³/mol. The van der Waals surface area contributed by atoms with Gasteiger partial charge in [0.05, 0.1) is 17.4 Å². The quantitative estimate of drug-likeness (QED) is 0.684. The van der Waals surface area contributed by atoms with E-state index in [-0.39, 0.29) is 16.7 Å². The topological polar surface area (TPSA) is 96.2 Å². The van der Waals surface area contributed by atoms with Crippen LogP contribution < -0.4 is 9.62 Å². The first-order valence-electron chi connectivity index (χ1n) is 10.8. The summed E-state index contributed by atoms with van der Waals surface area (Å²) < 4.78 is 17.3. The monoisotopic (exact) mass is 447 g/mol. The second-order valence-electron chi connectivity index (χ2n) is 10.2. The van der Waals surface area contributed by atoms with E-state index in [1.54, 1.807) is 11.9 Å². The van der Waals surface area contributed by atoms with Gasteiger partial charge >= 0.3 is 0 Å². The number of pyridine rings is 1. The number of nitrogens with one attached hydrogen (secondary N) is 1. The Kier molecular flexibility index (Phi) is 5.32. The van der Waals surface area contributed by atoms with E-state index in [1.165, 1.54) is 10.5 Å². The van der Waals surface area contributed by atoms with Gasteiger partial charge in [-0.2, -0.15) is 0 Å². The Morgan fingerprint density at radius 3 is 2.48 bits per heavy atom. The third-order valence-corrected chi connectivity index (χ3v) is 7.87. The van der Waals surface area contributed by atoms with Crippen molar-refractivity contribution in [1.29, 1.82) is 0 Å². The van der Waals surface area contributed by atoms with Crippen molar-refractivity contribution in [2.75, 3.05) is 11.9 Å². The number of hydrogen-bond donors (Lipinski definition) is 2. The number of imidazole rings is 1. The number of fused-ring (bicyclic) bond motifs is 1. The van der Waals surface area contributed by atoms with Gasteiger partial charge in [0.1, 0.15) is 10.3 Å². The Morgan fingerprint density at radius 1 is 1.32 bits per heavy atom. The number of aliphatic hydroxyl groups excluding tert-OH is 1. The molecule has 0 aromatic carbocycles. The fraction of sp³-hybridized carbons (Fsp3) is 0.636. The Balaban J connectivity index is 1.79. The van der Waals surface area contributed by atoms with Gasteiger partial charge in [0.2, 0.25) is 6.35 Å². The minimum atomic E-state index is -1.23. The van der Waals surface area contributed by atoms with Gasteiger partial charge in [-0.1, -0.05) is 0 Å². The van der Waals surface area contributed by atoms with Gasteiger partial charge in [0.25, 0.3) is 5.91 Å². The maximum Gasteiger partial charge on any atom is 0.251 e. The molecule has 0 radical (unpaired) electrons. The number of hydrogen-bond acceptors (Lipinski definition) is 6. The lowest BCUT2D eigenvalue weighted by Gasteiger charge is -2.33. The standard InChI is InChI=1S/C22H33N5O3S/c1-13(24-31(30)21(2,3)4)16-12-26-11-15(14-8-9-14)10-17(18(26)23-16)27-20(29)25(7)19(28)22(27,5)6/h10-14,20,24,29H,8-9H2,1-7H3/t13-,20?,31?/m1/s1. The van der Waals surface area contributed by atoms with Crippen molar-refractivity contribution in [3.8, 4) is 0 Å². The second kappa shape index (κ2) is 7.37. The van der Waals surface area contributed by atoms with Crippen LogP contribution in [0.25, 0.3) is 5.65 Å². The van der Waals surface area contributed by atoms with Crippen LogP contribution in [0.15, 0.2) is 18.5 Å². The number of anilines is 1. The van der Waals surface area contributed by atoms with E-state index in [1.807, 2.05) is 52.1 Å². The van der Waals surface area contributed by atoms with Crippen LogP contribution in [0.4, 0.5) is 5.69 Å². The highest BCUT2D eigenvalue weighted by molar-refractivity contribution is 7.90. The molecule has 2 N–H and O–H groups in total. The molecular weight excluding hydrogens is 414 g/mol. The van der Waals surface area contributed by atoms with E-state index in [0.717, 1.165) is 24.2 Å². The highest BCUT2D eigenvalue weighted by Gasteiger charge is 2.51. The zero-order valence-corrected chi connectivity index (χ0v) is 20.2. The summed E-state index contributed by atoms with van der Waals surface area (Å²) in [6.07, 6.45) is 5.24. The normalized spacial score (nSPS) is 23.6. The largest absolute Gasteiger partial charge is 0.598 e. The fourth-order valence-corrected chi connectivity index (χ4v) is 4.87. The minimum absolute atomic E-state index is 0.141. The predicted octanol–water partition coefficient (Wildman–Crippen LogP) is 2.66. The molecule has 1 saturated heterocycles. The zero-order valence-electron chi connectivity index (χ0n) is 19.3. The molecule has 0 spiro atoms. The van der Waals surface area contributed by atoms with Crippen LogP contribution in [0.5, 0.6) is 0 Å². The molecule has 4 rings (SSSR count). The van der Waals surface area contributed by atoms with Crippen molar-refractivity contribution in [3.63, 3.8) is 0 Å². The summed E-state index contributed by atoms with van der Waals surface area (Å²) >= 11 is -1.23. The Labute approximate surface area is 186 Å². The molecule has 8 nitrogen and oxygen atoms in total. The smallest absolute Gasteiger partial charge is 0.251 e. The maximum atomic E-state index is 12.8. The molecule has 2 unspecified atom stereocenters. The Morgan fingerprint density at radius 2 is 1.97 bits per heavy atom. The lowest BCUT2D eigenvalue weighted by molar-refractivity contribution is -0.133. The summed E-state index contributed by atoms with van der Waals surface area (Å²) in [6.45, 7) is 11.4. The molecule has 2 fully saturated rings. The first-order valence-corrected chi connectivity index (χ1v) is 11.9. The molecule has 0 bridgehead atoms. The number of amides is 1. The van der Waals surface area contributed by atoms with Gasteiger partial charge in [-0.25, -0.2) is 4.98 Å². The number of carbonyl (C=O) groups excluding carboxylic acids is 1. The summed E-state index contributed by atoms with van der Waals surface area (Å²) in [6, 6.07) is 1.84.